The van der Waals surface area contributed by atoms with Crippen molar-refractivity contribution in [2.75, 3.05) is 0 Å². The Labute approximate surface area is 155 Å². The van der Waals surface area contributed by atoms with Gasteiger partial charge in [-0.2, -0.15) is 0 Å². The fourth-order valence-corrected chi connectivity index (χ4v) is 2.40. The second-order valence-corrected chi connectivity index (χ2v) is 5.76. The minimum atomic E-state index is -0.192. The van der Waals surface area contributed by atoms with Gasteiger partial charge in [-0.25, -0.2) is 0 Å². The molecule has 0 fully saturated rings. The quantitative estimate of drug-likeness (QED) is 0.586. The number of para-hydroxylation sites is 1. The molecule has 3 aromatic carbocycles. The van der Waals surface area contributed by atoms with Gasteiger partial charge in [-0.15, -0.1) is 0 Å². The van der Waals surface area contributed by atoms with Crippen LogP contribution in [0.2, 0.25) is 0 Å². The summed E-state index contributed by atoms with van der Waals surface area (Å²) >= 11 is 0. The zero-order valence-electron chi connectivity index (χ0n) is 14.6. The molecule has 0 N–H and O–H groups in total. The molecule has 0 aliphatic heterocycles. The summed E-state index contributed by atoms with van der Waals surface area (Å²) < 4.78 is 6.05. The van der Waals surface area contributed by atoms with Gasteiger partial charge in [0.05, 0.1) is 0 Å². The number of ether oxygens (including phenoxy) is 1. The van der Waals surface area contributed by atoms with Crippen LogP contribution in [-0.4, -0.2) is 6.10 Å². The zero-order chi connectivity index (χ0) is 17.9. The second-order valence-electron chi connectivity index (χ2n) is 5.76. The van der Waals surface area contributed by atoms with Crippen LogP contribution in [0.1, 0.15) is 24.0 Å². The van der Waals surface area contributed by atoms with E-state index < -0.39 is 0 Å². The summed E-state index contributed by atoms with van der Waals surface area (Å²) in [6, 6.07) is 29.8. The molecule has 0 spiro atoms. The van der Waals surface area contributed by atoms with E-state index in [4.69, 9.17) is 4.74 Å². The predicted molar refractivity (Wildman–Crippen MR) is 107 cm³/mol. The third kappa shape index (κ3) is 5.90. The van der Waals surface area contributed by atoms with Crippen LogP contribution in [-0.2, 0) is 0 Å². The maximum absolute atomic E-state index is 6.05. The fourth-order valence-electron chi connectivity index (χ4n) is 2.40. The summed E-state index contributed by atoms with van der Waals surface area (Å²) in [5.74, 6) is 13.7. The summed E-state index contributed by atoms with van der Waals surface area (Å²) in [4.78, 5) is 0. The highest BCUT2D eigenvalue weighted by Crippen LogP contribution is 2.13. The number of rotatable bonds is 4. The Balaban J connectivity index is 1.67. The molecule has 26 heavy (non-hydrogen) atoms. The van der Waals surface area contributed by atoms with Crippen LogP contribution in [0.15, 0.2) is 91.0 Å². The van der Waals surface area contributed by atoms with Crippen LogP contribution >= 0.6 is 0 Å². The topological polar surface area (TPSA) is 9.23 Å². The fraction of sp³-hybridized carbons (Fsp3) is 0.120. The summed E-state index contributed by atoms with van der Waals surface area (Å²) in [5.41, 5.74) is 2.02. The summed E-state index contributed by atoms with van der Waals surface area (Å²) in [6.07, 6.45) is 1.30. The lowest BCUT2D eigenvalue weighted by molar-refractivity contribution is 0.250. The molecular formula is C25H20O. The van der Waals surface area contributed by atoms with E-state index in [9.17, 15) is 0 Å². The van der Waals surface area contributed by atoms with Crippen LogP contribution in [0.5, 0.6) is 5.75 Å². The van der Waals surface area contributed by atoms with Crippen molar-refractivity contribution >= 4 is 0 Å². The third-order valence-corrected chi connectivity index (χ3v) is 3.71. The standard InChI is InChI=1S/C25H20O/c1-4-12-22(13-5-1)16-10-11-19-25(26-24-17-8-3-9-18-24)21-20-23-14-6-2-7-15-23/h1-9,12-15,17-18,25H,11,19H2. The van der Waals surface area contributed by atoms with Gasteiger partial charge in [-0.3, -0.25) is 0 Å². The molecule has 1 nitrogen and oxygen atoms in total. The zero-order valence-corrected chi connectivity index (χ0v) is 14.6. The molecule has 1 atom stereocenters. The molecule has 3 aromatic rings. The molecule has 0 aliphatic carbocycles. The maximum Gasteiger partial charge on any atom is 0.160 e. The Morgan fingerprint density at radius 3 is 1.81 bits per heavy atom. The van der Waals surface area contributed by atoms with Crippen molar-refractivity contribution in [2.24, 2.45) is 0 Å². The lowest BCUT2D eigenvalue weighted by atomic mass is 10.1. The summed E-state index contributed by atoms with van der Waals surface area (Å²) in [6.45, 7) is 0. The molecule has 0 radical (unpaired) electrons. The Hall–Kier alpha value is -3.42. The first kappa shape index (κ1) is 17.4. The van der Waals surface area contributed by atoms with E-state index in [0.717, 1.165) is 29.7 Å². The Kier molecular flexibility index (Phi) is 6.54. The first-order chi connectivity index (χ1) is 12.9. The van der Waals surface area contributed by atoms with Crippen LogP contribution in [0, 0.1) is 23.7 Å². The van der Waals surface area contributed by atoms with E-state index >= 15 is 0 Å². The van der Waals surface area contributed by atoms with Crippen LogP contribution in [0.25, 0.3) is 0 Å². The molecule has 0 amide bonds. The van der Waals surface area contributed by atoms with Gasteiger partial charge in [0.25, 0.3) is 0 Å². The van der Waals surface area contributed by atoms with E-state index in [1.165, 1.54) is 0 Å². The van der Waals surface area contributed by atoms with Gasteiger partial charge in [0.2, 0.25) is 0 Å². The van der Waals surface area contributed by atoms with Crippen LogP contribution < -0.4 is 4.74 Å². The molecule has 0 bridgehead atoms. The lowest BCUT2D eigenvalue weighted by Gasteiger charge is -2.12. The smallest absolute Gasteiger partial charge is 0.160 e. The molecule has 0 aromatic heterocycles. The number of hydrogen-bond donors (Lipinski definition) is 0. The van der Waals surface area contributed by atoms with E-state index in [2.05, 4.69) is 23.7 Å². The minimum Gasteiger partial charge on any atom is -0.478 e. The van der Waals surface area contributed by atoms with E-state index in [1.807, 2.05) is 91.0 Å². The largest absolute Gasteiger partial charge is 0.478 e. The molecule has 0 heterocycles. The van der Waals surface area contributed by atoms with Gasteiger partial charge in [-0.05, 0) is 36.4 Å². The first-order valence-electron chi connectivity index (χ1n) is 8.72. The van der Waals surface area contributed by atoms with E-state index in [-0.39, 0.29) is 6.10 Å². The molecule has 1 unspecified atom stereocenters. The predicted octanol–water partition coefficient (Wildman–Crippen LogP) is 5.32. The summed E-state index contributed by atoms with van der Waals surface area (Å²) in [7, 11) is 0. The van der Waals surface area contributed by atoms with Gasteiger partial charge in [-0.1, -0.05) is 78.3 Å². The molecule has 3 rings (SSSR count). The van der Waals surface area contributed by atoms with Crippen molar-refractivity contribution in [1.82, 2.24) is 0 Å². The average molecular weight is 336 g/mol. The van der Waals surface area contributed by atoms with Crippen molar-refractivity contribution < 1.29 is 4.74 Å². The Bertz CT molecular complexity index is 907. The minimum absolute atomic E-state index is 0.192. The molecule has 126 valence electrons. The van der Waals surface area contributed by atoms with Crippen LogP contribution in [0.3, 0.4) is 0 Å². The summed E-state index contributed by atoms with van der Waals surface area (Å²) in [5, 5.41) is 0. The van der Waals surface area contributed by atoms with Crippen LogP contribution in [0.4, 0.5) is 0 Å². The average Bonchev–Trinajstić information content (AvgIpc) is 2.71. The van der Waals surface area contributed by atoms with Crippen molar-refractivity contribution in [1.29, 1.82) is 0 Å². The Morgan fingerprint density at radius 1 is 0.654 bits per heavy atom. The normalized spacial score (nSPS) is 10.6. The highest BCUT2D eigenvalue weighted by atomic mass is 16.5. The van der Waals surface area contributed by atoms with Gasteiger partial charge in [0, 0.05) is 24.0 Å². The highest BCUT2D eigenvalue weighted by molar-refractivity contribution is 5.36. The number of hydrogen-bond acceptors (Lipinski definition) is 1. The van der Waals surface area contributed by atoms with Crippen molar-refractivity contribution in [3.05, 3.63) is 102 Å². The second kappa shape index (κ2) is 9.77. The maximum atomic E-state index is 6.05. The van der Waals surface area contributed by atoms with Gasteiger partial charge in [0.15, 0.2) is 6.10 Å². The van der Waals surface area contributed by atoms with Gasteiger partial charge < -0.3 is 4.74 Å². The van der Waals surface area contributed by atoms with E-state index in [0.29, 0.717) is 0 Å². The monoisotopic (exact) mass is 336 g/mol. The SMILES string of the molecule is C(#Cc1ccccc1)CCC(C#Cc1ccccc1)Oc1ccccc1. The molecule has 0 saturated carbocycles. The first-order valence-corrected chi connectivity index (χ1v) is 8.72. The lowest BCUT2D eigenvalue weighted by Crippen LogP contribution is -2.14. The Morgan fingerprint density at radius 2 is 1.19 bits per heavy atom. The molecule has 1 heteroatoms. The number of benzene rings is 3. The highest BCUT2D eigenvalue weighted by Gasteiger charge is 2.06. The van der Waals surface area contributed by atoms with Crippen molar-refractivity contribution in [3.8, 4) is 29.4 Å². The van der Waals surface area contributed by atoms with Gasteiger partial charge in [0.1, 0.15) is 5.75 Å². The third-order valence-electron chi connectivity index (χ3n) is 3.71. The van der Waals surface area contributed by atoms with Crippen molar-refractivity contribution in [3.63, 3.8) is 0 Å². The van der Waals surface area contributed by atoms with E-state index in [1.54, 1.807) is 0 Å². The molecular weight excluding hydrogens is 316 g/mol. The van der Waals surface area contributed by atoms with Crippen molar-refractivity contribution in [2.45, 2.75) is 18.9 Å². The van der Waals surface area contributed by atoms with Gasteiger partial charge >= 0.3 is 0 Å². The molecule has 0 saturated heterocycles. The molecule has 0 aliphatic rings.